The standard InChI is InChI=1S/C8H9BN4O2/c1-6-10-2-3-13(6)8-5-11-7(4-12-8)9(14)15/h2-5,14-15H,1H3. The molecule has 0 aliphatic heterocycles. The predicted octanol–water partition coefficient (Wildman–Crippen LogP) is -1.35. The van der Waals surface area contributed by atoms with Crippen molar-refractivity contribution in [2.24, 2.45) is 0 Å². The Kier molecular flexibility index (Phi) is 2.48. The molecular weight excluding hydrogens is 195 g/mol. The summed E-state index contributed by atoms with van der Waals surface area (Å²) in [6, 6.07) is 0. The molecule has 0 spiro atoms. The van der Waals surface area contributed by atoms with Crippen molar-refractivity contribution in [3.8, 4) is 5.82 Å². The fraction of sp³-hybridized carbons (Fsp3) is 0.125. The molecule has 7 heteroatoms. The van der Waals surface area contributed by atoms with Gasteiger partial charge < -0.3 is 10.0 Å². The molecule has 0 atom stereocenters. The van der Waals surface area contributed by atoms with Gasteiger partial charge in [-0.15, -0.1) is 0 Å². The number of hydrogen-bond acceptors (Lipinski definition) is 5. The van der Waals surface area contributed by atoms with E-state index in [1.807, 2.05) is 6.92 Å². The number of aromatic nitrogens is 4. The number of nitrogens with zero attached hydrogens (tertiary/aromatic N) is 4. The van der Waals surface area contributed by atoms with E-state index in [0.717, 1.165) is 5.82 Å². The average molecular weight is 204 g/mol. The van der Waals surface area contributed by atoms with E-state index in [1.54, 1.807) is 17.0 Å². The second kappa shape index (κ2) is 3.80. The molecule has 15 heavy (non-hydrogen) atoms. The van der Waals surface area contributed by atoms with Gasteiger partial charge in [0.05, 0.1) is 11.8 Å². The summed E-state index contributed by atoms with van der Waals surface area (Å²) in [5, 5.41) is 17.7. The smallest absolute Gasteiger partial charge is 0.422 e. The maximum atomic E-state index is 8.83. The minimum Gasteiger partial charge on any atom is -0.422 e. The monoisotopic (exact) mass is 204 g/mol. The highest BCUT2D eigenvalue weighted by Gasteiger charge is 2.13. The lowest BCUT2D eigenvalue weighted by atomic mass is 9.87. The molecule has 0 amide bonds. The lowest BCUT2D eigenvalue weighted by Gasteiger charge is -2.03. The van der Waals surface area contributed by atoms with Gasteiger partial charge in [0.2, 0.25) is 0 Å². The van der Waals surface area contributed by atoms with Crippen LogP contribution >= 0.6 is 0 Å². The third-order valence-electron chi connectivity index (χ3n) is 2.00. The lowest BCUT2D eigenvalue weighted by molar-refractivity contribution is 0.424. The Balaban J connectivity index is 2.36. The second-order valence-electron chi connectivity index (χ2n) is 3.02. The zero-order valence-corrected chi connectivity index (χ0v) is 8.07. The zero-order chi connectivity index (χ0) is 10.8. The second-order valence-corrected chi connectivity index (χ2v) is 3.02. The lowest BCUT2D eigenvalue weighted by Crippen LogP contribution is -2.33. The van der Waals surface area contributed by atoms with E-state index in [0.29, 0.717) is 5.82 Å². The minimum absolute atomic E-state index is 0.122. The van der Waals surface area contributed by atoms with Crippen molar-refractivity contribution >= 4 is 12.7 Å². The molecule has 0 aliphatic rings. The van der Waals surface area contributed by atoms with E-state index >= 15 is 0 Å². The van der Waals surface area contributed by atoms with Gasteiger partial charge in [-0.3, -0.25) is 9.55 Å². The first-order valence-electron chi connectivity index (χ1n) is 4.37. The number of aryl methyl sites for hydroxylation is 1. The molecule has 0 fully saturated rings. The molecule has 0 aliphatic carbocycles. The molecule has 0 unspecified atom stereocenters. The topological polar surface area (TPSA) is 84.1 Å². The van der Waals surface area contributed by atoms with Crippen molar-refractivity contribution < 1.29 is 10.0 Å². The van der Waals surface area contributed by atoms with Gasteiger partial charge in [-0.2, -0.15) is 0 Å². The van der Waals surface area contributed by atoms with Crippen LogP contribution in [0.25, 0.3) is 5.82 Å². The predicted molar refractivity (Wildman–Crippen MR) is 53.7 cm³/mol. The van der Waals surface area contributed by atoms with Crippen LogP contribution in [0.3, 0.4) is 0 Å². The Morgan fingerprint density at radius 2 is 2.00 bits per heavy atom. The highest BCUT2D eigenvalue weighted by atomic mass is 16.4. The van der Waals surface area contributed by atoms with Gasteiger partial charge in [-0.05, 0) is 6.92 Å². The first-order valence-corrected chi connectivity index (χ1v) is 4.37. The molecule has 2 aromatic heterocycles. The summed E-state index contributed by atoms with van der Waals surface area (Å²) in [5.41, 5.74) is 0.122. The molecule has 0 bridgehead atoms. The SMILES string of the molecule is Cc1nccn1-c1cnc(B(O)O)cn1. The Bertz CT molecular complexity index is 454. The molecule has 0 radical (unpaired) electrons. The van der Waals surface area contributed by atoms with Crippen LogP contribution < -0.4 is 5.59 Å². The van der Waals surface area contributed by atoms with Crippen LogP contribution in [0.5, 0.6) is 0 Å². The molecule has 2 N–H and O–H groups in total. The van der Waals surface area contributed by atoms with Gasteiger partial charge in [-0.25, -0.2) is 9.97 Å². The highest BCUT2D eigenvalue weighted by molar-refractivity contribution is 6.57. The van der Waals surface area contributed by atoms with Crippen molar-refractivity contribution in [3.63, 3.8) is 0 Å². The third-order valence-corrected chi connectivity index (χ3v) is 2.00. The Morgan fingerprint density at radius 1 is 1.20 bits per heavy atom. The van der Waals surface area contributed by atoms with Crippen LogP contribution in [-0.2, 0) is 0 Å². The van der Waals surface area contributed by atoms with Crippen LogP contribution in [0, 0.1) is 6.92 Å². The summed E-state index contributed by atoms with van der Waals surface area (Å²) in [4.78, 5) is 12.0. The molecule has 0 saturated heterocycles. The van der Waals surface area contributed by atoms with Crippen molar-refractivity contribution in [2.45, 2.75) is 6.92 Å². The normalized spacial score (nSPS) is 10.3. The summed E-state index contributed by atoms with van der Waals surface area (Å²) >= 11 is 0. The molecule has 2 aromatic rings. The van der Waals surface area contributed by atoms with Gasteiger partial charge in [0, 0.05) is 18.6 Å². The molecule has 0 saturated carbocycles. The van der Waals surface area contributed by atoms with E-state index in [2.05, 4.69) is 15.0 Å². The molecule has 2 heterocycles. The fourth-order valence-electron chi connectivity index (χ4n) is 1.21. The molecule has 0 aromatic carbocycles. The quantitative estimate of drug-likeness (QED) is 0.591. The van der Waals surface area contributed by atoms with Crippen molar-refractivity contribution in [3.05, 3.63) is 30.6 Å². The number of imidazole rings is 1. The largest absolute Gasteiger partial charge is 0.509 e. The van der Waals surface area contributed by atoms with Crippen LogP contribution in [0.15, 0.2) is 24.8 Å². The van der Waals surface area contributed by atoms with Crippen molar-refractivity contribution in [1.82, 2.24) is 19.5 Å². The summed E-state index contributed by atoms with van der Waals surface area (Å²) in [5.74, 6) is 1.39. The third kappa shape index (κ3) is 1.88. The summed E-state index contributed by atoms with van der Waals surface area (Å²) in [6.45, 7) is 1.84. The van der Waals surface area contributed by atoms with Crippen LogP contribution in [-0.4, -0.2) is 36.7 Å². The maximum absolute atomic E-state index is 8.83. The van der Waals surface area contributed by atoms with Gasteiger partial charge >= 0.3 is 7.12 Å². The van der Waals surface area contributed by atoms with Crippen LogP contribution in [0.4, 0.5) is 0 Å². The first kappa shape index (κ1) is 9.82. The Hall–Kier alpha value is -1.73. The summed E-state index contributed by atoms with van der Waals surface area (Å²) in [7, 11) is -1.59. The minimum atomic E-state index is -1.59. The molecular formula is C8H9BN4O2. The van der Waals surface area contributed by atoms with E-state index in [9.17, 15) is 0 Å². The zero-order valence-electron chi connectivity index (χ0n) is 8.07. The number of hydrogen-bond donors (Lipinski definition) is 2. The maximum Gasteiger partial charge on any atom is 0.509 e. The Morgan fingerprint density at radius 3 is 2.47 bits per heavy atom. The highest BCUT2D eigenvalue weighted by Crippen LogP contribution is 2.03. The van der Waals surface area contributed by atoms with Crippen LogP contribution in [0.2, 0.25) is 0 Å². The van der Waals surface area contributed by atoms with Gasteiger partial charge in [0.25, 0.3) is 0 Å². The van der Waals surface area contributed by atoms with Gasteiger partial charge in [0.1, 0.15) is 5.82 Å². The molecule has 6 nitrogen and oxygen atoms in total. The number of rotatable bonds is 2. The summed E-state index contributed by atoms with van der Waals surface area (Å²) in [6.07, 6.45) is 6.20. The van der Waals surface area contributed by atoms with Crippen LogP contribution in [0.1, 0.15) is 5.82 Å². The average Bonchev–Trinajstić information content (AvgIpc) is 2.65. The van der Waals surface area contributed by atoms with Crippen molar-refractivity contribution in [1.29, 1.82) is 0 Å². The van der Waals surface area contributed by atoms with Gasteiger partial charge in [0.15, 0.2) is 5.82 Å². The Labute approximate surface area is 86.4 Å². The summed E-state index contributed by atoms with van der Waals surface area (Å²) < 4.78 is 1.75. The fourth-order valence-corrected chi connectivity index (χ4v) is 1.21. The van der Waals surface area contributed by atoms with E-state index in [1.165, 1.54) is 12.4 Å². The van der Waals surface area contributed by atoms with Gasteiger partial charge in [-0.1, -0.05) is 0 Å². The van der Waals surface area contributed by atoms with E-state index in [4.69, 9.17) is 10.0 Å². The van der Waals surface area contributed by atoms with E-state index < -0.39 is 7.12 Å². The van der Waals surface area contributed by atoms with E-state index in [-0.39, 0.29) is 5.59 Å². The first-order chi connectivity index (χ1) is 7.18. The molecule has 76 valence electrons. The van der Waals surface area contributed by atoms with Crippen molar-refractivity contribution in [2.75, 3.05) is 0 Å². The molecule has 2 rings (SSSR count).